The average molecular weight is 472 g/mol. The molecule has 176 valence electrons. The molecule has 0 amide bonds. The van der Waals surface area contributed by atoms with Crippen LogP contribution >= 0.6 is 11.3 Å². The number of esters is 1. The third-order valence-electron chi connectivity index (χ3n) is 4.89. The molecule has 1 aromatic heterocycles. The van der Waals surface area contributed by atoms with E-state index in [0.29, 0.717) is 46.8 Å². The summed E-state index contributed by atoms with van der Waals surface area (Å²) in [5, 5.41) is 2.61. The number of hydrogen-bond acceptors (Lipinski definition) is 8. The molecule has 0 aliphatic rings. The van der Waals surface area contributed by atoms with Gasteiger partial charge >= 0.3 is 5.97 Å². The van der Waals surface area contributed by atoms with Crippen LogP contribution in [0.1, 0.15) is 36.3 Å². The molecule has 0 bridgehead atoms. The van der Waals surface area contributed by atoms with E-state index in [9.17, 15) is 4.79 Å². The molecular weight excluding hydrogens is 442 g/mol. The Kier molecular flexibility index (Phi) is 8.54. The number of nitrogens with zero attached hydrogens (tertiary/aromatic N) is 1. The summed E-state index contributed by atoms with van der Waals surface area (Å²) in [7, 11) is 4.73. The van der Waals surface area contributed by atoms with Gasteiger partial charge in [0.05, 0.1) is 44.8 Å². The van der Waals surface area contributed by atoms with E-state index in [0.717, 1.165) is 17.0 Å². The lowest BCUT2D eigenvalue weighted by Gasteiger charge is -2.13. The standard InChI is InChI=1S/C25H29NO6S/c1-16(2)11-12-31-20-10-9-17(13-22(20)29-4)25(27)32-14-18-15-33-24(26-18)19-7-6-8-21(28-3)23(19)30-5/h6-10,13,15-16H,11-12,14H2,1-5H3. The first-order valence-electron chi connectivity index (χ1n) is 10.6. The average Bonchev–Trinajstić information content (AvgIpc) is 3.30. The Morgan fingerprint density at radius 2 is 1.79 bits per heavy atom. The maximum Gasteiger partial charge on any atom is 0.338 e. The summed E-state index contributed by atoms with van der Waals surface area (Å²) in [6.07, 6.45) is 0.935. The second-order valence-corrected chi connectivity index (χ2v) is 8.52. The lowest BCUT2D eigenvalue weighted by atomic mass is 10.1. The molecule has 2 aromatic carbocycles. The highest BCUT2D eigenvalue weighted by Gasteiger charge is 2.16. The molecule has 0 unspecified atom stereocenters. The number of hydrogen-bond donors (Lipinski definition) is 0. The molecule has 1 heterocycles. The highest BCUT2D eigenvalue weighted by Crippen LogP contribution is 2.39. The summed E-state index contributed by atoms with van der Waals surface area (Å²) >= 11 is 1.44. The van der Waals surface area contributed by atoms with Crippen LogP contribution in [-0.2, 0) is 11.3 Å². The molecule has 0 aliphatic heterocycles. The Labute approximate surface area is 198 Å². The van der Waals surface area contributed by atoms with E-state index in [2.05, 4.69) is 18.8 Å². The molecule has 0 atom stereocenters. The third kappa shape index (κ3) is 6.16. The highest BCUT2D eigenvalue weighted by atomic mass is 32.1. The number of benzene rings is 2. The van der Waals surface area contributed by atoms with Gasteiger partial charge in [-0.25, -0.2) is 9.78 Å². The summed E-state index contributed by atoms with van der Waals surface area (Å²) in [4.78, 5) is 17.2. The smallest absolute Gasteiger partial charge is 0.338 e. The van der Waals surface area contributed by atoms with Crippen LogP contribution in [0.5, 0.6) is 23.0 Å². The van der Waals surface area contributed by atoms with Gasteiger partial charge in [0, 0.05) is 5.38 Å². The number of methoxy groups -OCH3 is 3. The second-order valence-electron chi connectivity index (χ2n) is 7.66. The molecule has 0 saturated heterocycles. The Balaban J connectivity index is 1.66. The number of carbonyl (C=O) groups excluding carboxylic acids is 1. The molecular formula is C25H29NO6S. The fraction of sp³-hybridized carbons (Fsp3) is 0.360. The van der Waals surface area contributed by atoms with Crippen molar-refractivity contribution in [1.29, 1.82) is 0 Å². The Bertz CT molecular complexity index is 1080. The summed E-state index contributed by atoms with van der Waals surface area (Å²) < 4.78 is 27.5. The van der Waals surface area contributed by atoms with Crippen molar-refractivity contribution in [2.24, 2.45) is 5.92 Å². The SMILES string of the molecule is COc1cc(C(=O)OCc2csc(-c3cccc(OC)c3OC)n2)ccc1OCCC(C)C. The predicted molar refractivity (Wildman–Crippen MR) is 128 cm³/mol. The lowest BCUT2D eigenvalue weighted by molar-refractivity contribution is 0.0468. The molecule has 3 rings (SSSR count). The quantitative estimate of drug-likeness (QED) is 0.336. The van der Waals surface area contributed by atoms with Crippen molar-refractivity contribution in [3.05, 3.63) is 53.0 Å². The fourth-order valence-electron chi connectivity index (χ4n) is 3.09. The van der Waals surface area contributed by atoms with Gasteiger partial charge in [-0.05, 0) is 42.7 Å². The van der Waals surface area contributed by atoms with Gasteiger partial charge in [0.15, 0.2) is 23.0 Å². The highest BCUT2D eigenvalue weighted by molar-refractivity contribution is 7.13. The molecule has 7 nitrogen and oxygen atoms in total. The van der Waals surface area contributed by atoms with E-state index in [1.165, 1.54) is 11.3 Å². The molecule has 0 saturated carbocycles. The zero-order valence-corrected chi connectivity index (χ0v) is 20.4. The molecule has 33 heavy (non-hydrogen) atoms. The normalized spacial score (nSPS) is 10.7. The summed E-state index contributed by atoms with van der Waals surface area (Å²) in [6, 6.07) is 10.6. The summed E-state index contributed by atoms with van der Waals surface area (Å²) in [5.74, 6) is 2.42. The Hall–Kier alpha value is -3.26. The van der Waals surface area contributed by atoms with E-state index >= 15 is 0 Å². The zero-order valence-electron chi connectivity index (χ0n) is 19.5. The van der Waals surface area contributed by atoms with Crippen molar-refractivity contribution >= 4 is 17.3 Å². The van der Waals surface area contributed by atoms with Crippen LogP contribution in [0.2, 0.25) is 0 Å². The van der Waals surface area contributed by atoms with Crippen molar-refractivity contribution in [2.75, 3.05) is 27.9 Å². The maximum absolute atomic E-state index is 12.6. The van der Waals surface area contributed by atoms with Crippen LogP contribution in [0.15, 0.2) is 41.8 Å². The van der Waals surface area contributed by atoms with Crippen molar-refractivity contribution in [2.45, 2.75) is 26.9 Å². The topological polar surface area (TPSA) is 76.1 Å². The van der Waals surface area contributed by atoms with Crippen LogP contribution in [0.25, 0.3) is 10.6 Å². The van der Waals surface area contributed by atoms with Crippen molar-refractivity contribution in [1.82, 2.24) is 4.98 Å². The van der Waals surface area contributed by atoms with Gasteiger partial charge in [-0.1, -0.05) is 19.9 Å². The number of ether oxygens (including phenoxy) is 5. The number of para-hydroxylation sites is 1. The van der Waals surface area contributed by atoms with Gasteiger partial charge in [-0.3, -0.25) is 0 Å². The minimum atomic E-state index is -0.462. The minimum Gasteiger partial charge on any atom is -0.493 e. The first-order chi connectivity index (χ1) is 16.0. The molecule has 3 aromatic rings. The van der Waals surface area contributed by atoms with Crippen LogP contribution < -0.4 is 18.9 Å². The van der Waals surface area contributed by atoms with Crippen LogP contribution in [0.4, 0.5) is 0 Å². The van der Waals surface area contributed by atoms with Crippen LogP contribution in [0, 0.1) is 5.92 Å². The van der Waals surface area contributed by atoms with Crippen molar-refractivity contribution in [3.8, 4) is 33.6 Å². The van der Waals surface area contributed by atoms with Gasteiger partial charge in [0.1, 0.15) is 11.6 Å². The molecule has 0 aliphatic carbocycles. The van der Waals surface area contributed by atoms with Gasteiger partial charge in [0.25, 0.3) is 0 Å². The monoisotopic (exact) mass is 471 g/mol. The predicted octanol–water partition coefficient (Wildman–Crippen LogP) is 5.62. The van der Waals surface area contributed by atoms with Gasteiger partial charge in [-0.2, -0.15) is 0 Å². The van der Waals surface area contributed by atoms with Gasteiger partial charge in [-0.15, -0.1) is 11.3 Å². The first kappa shape index (κ1) is 24.4. The number of aromatic nitrogens is 1. The Morgan fingerprint density at radius 3 is 2.48 bits per heavy atom. The summed E-state index contributed by atoms with van der Waals surface area (Å²) in [5.41, 5.74) is 1.85. The summed E-state index contributed by atoms with van der Waals surface area (Å²) in [6.45, 7) is 4.91. The van der Waals surface area contributed by atoms with Crippen LogP contribution in [0.3, 0.4) is 0 Å². The van der Waals surface area contributed by atoms with Gasteiger partial charge < -0.3 is 23.7 Å². The molecule has 0 fully saturated rings. The van der Waals surface area contributed by atoms with E-state index < -0.39 is 5.97 Å². The third-order valence-corrected chi connectivity index (χ3v) is 5.81. The fourth-order valence-corrected chi connectivity index (χ4v) is 3.92. The van der Waals surface area contributed by atoms with E-state index in [4.69, 9.17) is 23.7 Å². The first-order valence-corrected chi connectivity index (χ1v) is 11.5. The van der Waals surface area contributed by atoms with E-state index in [1.54, 1.807) is 39.5 Å². The lowest BCUT2D eigenvalue weighted by Crippen LogP contribution is -2.07. The van der Waals surface area contributed by atoms with E-state index in [-0.39, 0.29) is 6.61 Å². The zero-order chi connectivity index (χ0) is 23.8. The minimum absolute atomic E-state index is 0.0522. The number of rotatable bonds is 11. The molecule has 0 spiro atoms. The second kappa shape index (κ2) is 11.6. The molecule has 8 heteroatoms. The molecule has 0 N–H and O–H groups in total. The number of thiazole rings is 1. The van der Waals surface area contributed by atoms with Gasteiger partial charge in [0.2, 0.25) is 0 Å². The molecule has 0 radical (unpaired) electrons. The van der Waals surface area contributed by atoms with Crippen LogP contribution in [-0.4, -0.2) is 38.9 Å². The number of carbonyl (C=O) groups is 1. The Morgan fingerprint density at radius 1 is 1.00 bits per heavy atom. The van der Waals surface area contributed by atoms with E-state index in [1.807, 2.05) is 23.6 Å². The van der Waals surface area contributed by atoms with Crippen molar-refractivity contribution < 1.29 is 28.5 Å². The largest absolute Gasteiger partial charge is 0.493 e. The van der Waals surface area contributed by atoms with Crippen molar-refractivity contribution in [3.63, 3.8) is 0 Å². The maximum atomic E-state index is 12.6.